The van der Waals surface area contributed by atoms with Gasteiger partial charge in [0.05, 0.1) is 28.1 Å². The van der Waals surface area contributed by atoms with Crippen LogP contribution in [0.5, 0.6) is 5.75 Å². The number of nitrogens with zero attached hydrogens (tertiary/aromatic N) is 4. The van der Waals surface area contributed by atoms with Gasteiger partial charge in [-0.15, -0.1) is 13.2 Å². The van der Waals surface area contributed by atoms with Crippen LogP contribution in [0.3, 0.4) is 0 Å². The fourth-order valence-corrected chi connectivity index (χ4v) is 4.63. The van der Waals surface area contributed by atoms with E-state index in [1.165, 1.54) is 12.1 Å². The number of carbonyl (C=O) groups excluding carboxylic acids is 1. The van der Waals surface area contributed by atoms with Gasteiger partial charge in [0.1, 0.15) is 17.1 Å². The minimum atomic E-state index is -4.72. The molecular formula is C29H25ClF3N5O2. The number of nitrogens with one attached hydrogen (secondary N) is 1. The number of carbonyl (C=O) groups is 1. The van der Waals surface area contributed by atoms with Gasteiger partial charge in [0.25, 0.3) is 5.91 Å². The molecule has 1 N–H and O–H groups in total. The summed E-state index contributed by atoms with van der Waals surface area (Å²) in [5.41, 5.74) is 5.15. The first kappa shape index (κ1) is 27.3. The first-order valence-electron chi connectivity index (χ1n) is 12.5. The topological polar surface area (TPSA) is 71.8 Å². The van der Waals surface area contributed by atoms with E-state index in [-0.39, 0.29) is 11.7 Å². The van der Waals surface area contributed by atoms with Gasteiger partial charge >= 0.3 is 6.36 Å². The van der Waals surface area contributed by atoms with Gasteiger partial charge in [-0.2, -0.15) is 0 Å². The summed E-state index contributed by atoms with van der Waals surface area (Å²) >= 11 is 6.15. The largest absolute Gasteiger partial charge is 0.573 e. The number of fused-ring (bicyclic) bond motifs is 2. The zero-order valence-corrected chi connectivity index (χ0v) is 22.4. The molecule has 3 heterocycles. The lowest BCUT2D eigenvalue weighted by molar-refractivity contribution is -0.274. The Morgan fingerprint density at radius 3 is 2.55 bits per heavy atom. The molecule has 206 valence electrons. The van der Waals surface area contributed by atoms with E-state index in [4.69, 9.17) is 11.6 Å². The molecule has 0 atom stereocenters. The molecule has 0 unspecified atom stereocenters. The molecule has 0 saturated carbocycles. The van der Waals surface area contributed by atoms with Crippen molar-refractivity contribution >= 4 is 39.7 Å². The van der Waals surface area contributed by atoms with Crippen LogP contribution in [-0.2, 0) is 19.5 Å². The maximum absolute atomic E-state index is 13.2. The second kappa shape index (κ2) is 11.1. The SMILES string of the molecule is CCc1nc2ccc(Cl)cn2c1C(=O)NCc1ccc2ncc(N(C)Cc3ccc(OC(F)(F)F)cc3)cc2c1. The van der Waals surface area contributed by atoms with E-state index < -0.39 is 6.36 Å². The highest BCUT2D eigenvalue weighted by molar-refractivity contribution is 6.30. The zero-order chi connectivity index (χ0) is 28.4. The highest BCUT2D eigenvalue weighted by Gasteiger charge is 2.31. The van der Waals surface area contributed by atoms with Crippen molar-refractivity contribution in [3.8, 4) is 5.75 Å². The normalized spacial score (nSPS) is 11.7. The first-order chi connectivity index (χ1) is 19.1. The van der Waals surface area contributed by atoms with E-state index >= 15 is 0 Å². The van der Waals surface area contributed by atoms with Crippen LogP contribution in [0.2, 0.25) is 5.02 Å². The molecule has 5 aromatic rings. The predicted octanol–water partition coefficient (Wildman–Crippen LogP) is 6.56. The third kappa shape index (κ3) is 6.12. The fourth-order valence-electron chi connectivity index (χ4n) is 4.47. The van der Waals surface area contributed by atoms with Crippen LogP contribution in [0, 0.1) is 0 Å². The lowest BCUT2D eigenvalue weighted by Gasteiger charge is -2.20. The Labute approximate surface area is 233 Å². The number of aromatic nitrogens is 3. The van der Waals surface area contributed by atoms with Crippen LogP contribution in [0.1, 0.15) is 34.2 Å². The Balaban J connectivity index is 1.29. The predicted molar refractivity (Wildman–Crippen MR) is 148 cm³/mol. The number of alkyl halides is 3. The zero-order valence-electron chi connectivity index (χ0n) is 21.7. The van der Waals surface area contributed by atoms with E-state index in [9.17, 15) is 18.0 Å². The average molecular weight is 568 g/mol. The number of amides is 1. The van der Waals surface area contributed by atoms with Gasteiger partial charge in [0, 0.05) is 31.7 Å². The van der Waals surface area contributed by atoms with Gasteiger partial charge in [0.2, 0.25) is 0 Å². The number of aryl methyl sites for hydroxylation is 1. The monoisotopic (exact) mass is 567 g/mol. The molecule has 7 nitrogen and oxygen atoms in total. The third-order valence-electron chi connectivity index (χ3n) is 6.41. The Hall–Kier alpha value is -4.31. The van der Waals surface area contributed by atoms with Crippen molar-refractivity contribution in [3.63, 3.8) is 0 Å². The van der Waals surface area contributed by atoms with Gasteiger partial charge in [-0.25, -0.2) is 4.98 Å². The van der Waals surface area contributed by atoms with Crippen LogP contribution in [0.25, 0.3) is 16.6 Å². The highest BCUT2D eigenvalue weighted by atomic mass is 35.5. The molecule has 0 aliphatic rings. The fraction of sp³-hybridized carbons (Fsp3) is 0.207. The van der Waals surface area contributed by atoms with Crippen molar-refractivity contribution in [2.75, 3.05) is 11.9 Å². The van der Waals surface area contributed by atoms with E-state index in [0.717, 1.165) is 27.7 Å². The molecule has 40 heavy (non-hydrogen) atoms. The van der Waals surface area contributed by atoms with Gasteiger partial charge in [0.15, 0.2) is 0 Å². The Kier molecular flexibility index (Phi) is 7.53. The number of ether oxygens (including phenoxy) is 1. The molecule has 2 aromatic carbocycles. The van der Waals surface area contributed by atoms with Crippen molar-refractivity contribution in [3.05, 3.63) is 101 Å². The number of anilines is 1. The quantitative estimate of drug-likeness (QED) is 0.230. The summed E-state index contributed by atoms with van der Waals surface area (Å²) in [6.07, 6.45) is -0.696. The number of imidazole rings is 1. The average Bonchev–Trinajstić information content (AvgIpc) is 3.29. The van der Waals surface area contributed by atoms with E-state index in [1.807, 2.05) is 43.1 Å². The molecule has 11 heteroatoms. The van der Waals surface area contributed by atoms with Crippen LogP contribution in [0.4, 0.5) is 18.9 Å². The van der Waals surface area contributed by atoms with Gasteiger partial charge in [-0.3, -0.25) is 14.2 Å². The molecular weight excluding hydrogens is 543 g/mol. The van der Waals surface area contributed by atoms with Crippen molar-refractivity contribution < 1.29 is 22.7 Å². The van der Waals surface area contributed by atoms with E-state index in [1.54, 1.807) is 41.1 Å². The highest BCUT2D eigenvalue weighted by Crippen LogP contribution is 2.25. The summed E-state index contributed by atoms with van der Waals surface area (Å²) in [5, 5.41) is 4.39. The van der Waals surface area contributed by atoms with Crippen molar-refractivity contribution in [2.24, 2.45) is 0 Å². The van der Waals surface area contributed by atoms with Crippen LogP contribution in [0.15, 0.2) is 73.1 Å². The summed E-state index contributed by atoms with van der Waals surface area (Å²) in [7, 11) is 1.88. The number of hydrogen-bond donors (Lipinski definition) is 1. The van der Waals surface area contributed by atoms with Crippen LogP contribution in [-0.4, -0.2) is 33.7 Å². The second-order valence-electron chi connectivity index (χ2n) is 9.29. The summed E-state index contributed by atoms with van der Waals surface area (Å²) in [6.45, 7) is 2.71. The molecule has 1 amide bonds. The van der Waals surface area contributed by atoms with Gasteiger partial charge < -0.3 is 15.0 Å². The molecule has 3 aromatic heterocycles. The third-order valence-corrected chi connectivity index (χ3v) is 6.63. The standard InChI is InChI=1S/C29H25ClF3N5O2/c1-3-24-27(38-17-21(30)7-11-26(38)36-24)28(39)35-14-19-6-10-25-20(12-19)13-22(15-34-25)37(2)16-18-4-8-23(9-5-18)40-29(31,32)33/h4-13,15,17H,3,14,16H2,1-2H3,(H,35,39). The Morgan fingerprint density at radius 2 is 1.82 bits per heavy atom. The molecule has 0 bridgehead atoms. The number of halogens is 4. The smallest absolute Gasteiger partial charge is 0.406 e. The van der Waals surface area contributed by atoms with Crippen LogP contribution >= 0.6 is 11.6 Å². The summed E-state index contributed by atoms with van der Waals surface area (Å²) in [4.78, 5) is 24.2. The van der Waals surface area contributed by atoms with Crippen LogP contribution < -0.4 is 15.0 Å². The minimum absolute atomic E-state index is 0.245. The number of hydrogen-bond acceptors (Lipinski definition) is 5. The Morgan fingerprint density at radius 1 is 1.07 bits per heavy atom. The maximum atomic E-state index is 13.2. The van der Waals surface area contributed by atoms with Crippen molar-refractivity contribution in [1.29, 1.82) is 0 Å². The molecule has 0 saturated heterocycles. The van der Waals surface area contributed by atoms with Gasteiger partial charge in [-0.05, 0) is 60.0 Å². The second-order valence-corrected chi connectivity index (χ2v) is 9.72. The number of benzene rings is 2. The molecule has 0 spiro atoms. The first-order valence-corrected chi connectivity index (χ1v) is 12.9. The summed E-state index contributed by atoms with van der Waals surface area (Å²) in [5.74, 6) is -0.507. The maximum Gasteiger partial charge on any atom is 0.573 e. The molecule has 0 radical (unpaired) electrons. The Bertz CT molecular complexity index is 1690. The molecule has 0 fully saturated rings. The summed E-state index contributed by atoms with van der Waals surface area (Å²) < 4.78 is 42.9. The summed E-state index contributed by atoms with van der Waals surface area (Å²) in [6, 6.07) is 17.0. The molecule has 5 rings (SSSR count). The van der Waals surface area contributed by atoms with Crippen molar-refractivity contribution in [2.45, 2.75) is 32.8 Å². The lowest BCUT2D eigenvalue weighted by Crippen LogP contribution is -2.25. The van der Waals surface area contributed by atoms with Crippen molar-refractivity contribution in [1.82, 2.24) is 19.7 Å². The minimum Gasteiger partial charge on any atom is -0.406 e. The molecule has 0 aliphatic heterocycles. The number of rotatable bonds is 8. The molecule has 0 aliphatic carbocycles. The van der Waals surface area contributed by atoms with Gasteiger partial charge in [-0.1, -0.05) is 36.7 Å². The number of pyridine rings is 2. The van der Waals surface area contributed by atoms with E-state index in [2.05, 4.69) is 20.0 Å². The van der Waals surface area contributed by atoms with E-state index in [0.29, 0.717) is 41.6 Å². The lowest BCUT2D eigenvalue weighted by atomic mass is 10.1.